The molecule has 4 rings (SSSR count). The zero-order valence-corrected chi connectivity index (χ0v) is 19.4. The van der Waals surface area contributed by atoms with Gasteiger partial charge in [-0.25, -0.2) is 9.97 Å². The SMILES string of the molecule is CCOc1ccc2nc(SC(Nc3ccc(Cl)cn3)c3ccc(Br)cc3)sc2c1. The lowest BCUT2D eigenvalue weighted by Gasteiger charge is -2.18. The van der Waals surface area contributed by atoms with Gasteiger partial charge in [-0.1, -0.05) is 51.4 Å². The molecule has 2 heterocycles. The van der Waals surface area contributed by atoms with Gasteiger partial charge < -0.3 is 10.1 Å². The Labute approximate surface area is 190 Å². The molecule has 8 heteroatoms. The van der Waals surface area contributed by atoms with E-state index in [1.54, 1.807) is 29.3 Å². The Morgan fingerprint density at radius 1 is 1.17 bits per heavy atom. The maximum Gasteiger partial charge on any atom is 0.153 e. The Bertz CT molecular complexity index is 1100. The molecule has 0 aliphatic carbocycles. The maximum atomic E-state index is 5.97. The van der Waals surface area contributed by atoms with Crippen LogP contribution in [-0.2, 0) is 0 Å². The number of thioether (sulfide) groups is 1. The molecule has 1 N–H and O–H groups in total. The van der Waals surface area contributed by atoms with Gasteiger partial charge in [-0.2, -0.15) is 0 Å². The predicted molar refractivity (Wildman–Crippen MR) is 126 cm³/mol. The van der Waals surface area contributed by atoms with Crippen molar-refractivity contribution in [2.45, 2.75) is 16.6 Å². The number of nitrogens with zero attached hydrogens (tertiary/aromatic N) is 2. The fourth-order valence-corrected chi connectivity index (χ4v) is 5.38. The van der Waals surface area contributed by atoms with Crippen molar-refractivity contribution >= 4 is 66.7 Å². The van der Waals surface area contributed by atoms with Crippen molar-refractivity contribution in [2.75, 3.05) is 11.9 Å². The number of hydrogen-bond donors (Lipinski definition) is 1. The van der Waals surface area contributed by atoms with E-state index in [1.807, 2.05) is 49.4 Å². The third-order valence-electron chi connectivity index (χ3n) is 4.05. The molecule has 2 aromatic heterocycles. The topological polar surface area (TPSA) is 47.0 Å². The number of ether oxygens (including phenoxy) is 1. The van der Waals surface area contributed by atoms with E-state index < -0.39 is 0 Å². The molecule has 4 aromatic rings. The molecule has 0 saturated carbocycles. The molecule has 0 fully saturated rings. The summed E-state index contributed by atoms with van der Waals surface area (Å²) in [5.41, 5.74) is 2.10. The van der Waals surface area contributed by atoms with Crippen LogP contribution in [0.15, 0.2) is 69.6 Å². The van der Waals surface area contributed by atoms with Gasteiger partial charge in [0.25, 0.3) is 0 Å². The first-order valence-corrected chi connectivity index (χ1v) is 11.8. The third-order valence-corrected chi connectivity index (χ3v) is 7.07. The van der Waals surface area contributed by atoms with Crippen molar-refractivity contribution in [3.05, 3.63) is 75.9 Å². The molecule has 1 atom stereocenters. The molecule has 1 unspecified atom stereocenters. The smallest absolute Gasteiger partial charge is 0.153 e. The molecule has 148 valence electrons. The molecule has 0 spiro atoms. The summed E-state index contributed by atoms with van der Waals surface area (Å²) in [5, 5.41) is 4.05. The van der Waals surface area contributed by atoms with Crippen molar-refractivity contribution in [3.63, 3.8) is 0 Å². The summed E-state index contributed by atoms with van der Waals surface area (Å²) >= 11 is 12.8. The van der Waals surface area contributed by atoms with Gasteiger partial charge in [0.1, 0.15) is 16.9 Å². The molecule has 0 bridgehead atoms. The van der Waals surface area contributed by atoms with Gasteiger partial charge >= 0.3 is 0 Å². The lowest BCUT2D eigenvalue weighted by molar-refractivity contribution is 0.341. The maximum absolute atomic E-state index is 5.97. The fourth-order valence-electron chi connectivity index (χ4n) is 2.71. The highest BCUT2D eigenvalue weighted by molar-refractivity contribution is 9.10. The van der Waals surface area contributed by atoms with Crippen molar-refractivity contribution in [1.82, 2.24) is 9.97 Å². The third kappa shape index (κ3) is 5.22. The molecule has 2 aromatic carbocycles. The van der Waals surface area contributed by atoms with Gasteiger partial charge in [0.05, 0.1) is 21.8 Å². The number of aromatic nitrogens is 2. The molecule has 0 aliphatic heterocycles. The Hall–Kier alpha value is -1.80. The van der Waals surface area contributed by atoms with Crippen molar-refractivity contribution in [3.8, 4) is 5.75 Å². The summed E-state index contributed by atoms with van der Waals surface area (Å²) in [6.07, 6.45) is 1.64. The van der Waals surface area contributed by atoms with Crippen LogP contribution in [0, 0.1) is 0 Å². The molecule has 0 amide bonds. The van der Waals surface area contributed by atoms with Crippen LogP contribution in [0.25, 0.3) is 10.2 Å². The molecule has 0 saturated heterocycles. The normalized spacial score (nSPS) is 12.1. The second kappa shape index (κ2) is 9.34. The van der Waals surface area contributed by atoms with Gasteiger partial charge in [-0.15, -0.1) is 11.3 Å². The van der Waals surface area contributed by atoms with Gasteiger partial charge in [0.15, 0.2) is 4.34 Å². The van der Waals surface area contributed by atoms with Gasteiger partial charge in [0.2, 0.25) is 0 Å². The second-order valence-electron chi connectivity index (χ2n) is 6.10. The average molecular weight is 507 g/mol. The number of thiazole rings is 1. The van der Waals surface area contributed by atoms with Crippen LogP contribution in [0.3, 0.4) is 0 Å². The summed E-state index contributed by atoms with van der Waals surface area (Å²) < 4.78 is 8.73. The van der Waals surface area contributed by atoms with E-state index in [9.17, 15) is 0 Å². The van der Waals surface area contributed by atoms with Crippen LogP contribution in [0.2, 0.25) is 5.02 Å². The lowest BCUT2D eigenvalue weighted by Crippen LogP contribution is -2.08. The highest BCUT2D eigenvalue weighted by atomic mass is 79.9. The monoisotopic (exact) mass is 505 g/mol. The van der Waals surface area contributed by atoms with Gasteiger partial charge in [0, 0.05) is 10.7 Å². The lowest BCUT2D eigenvalue weighted by atomic mass is 10.2. The minimum absolute atomic E-state index is 0.0521. The Morgan fingerprint density at radius 2 is 2.00 bits per heavy atom. The van der Waals surface area contributed by atoms with Crippen LogP contribution in [-0.4, -0.2) is 16.6 Å². The zero-order valence-electron chi connectivity index (χ0n) is 15.4. The average Bonchev–Trinajstić information content (AvgIpc) is 3.12. The first-order chi connectivity index (χ1) is 14.1. The van der Waals surface area contributed by atoms with Crippen LogP contribution >= 0.6 is 50.6 Å². The largest absolute Gasteiger partial charge is 0.494 e. The minimum Gasteiger partial charge on any atom is -0.494 e. The van der Waals surface area contributed by atoms with E-state index in [0.29, 0.717) is 11.6 Å². The Morgan fingerprint density at radius 3 is 2.72 bits per heavy atom. The first kappa shape index (κ1) is 20.5. The highest BCUT2D eigenvalue weighted by Crippen LogP contribution is 2.40. The van der Waals surface area contributed by atoms with Gasteiger partial charge in [-0.3, -0.25) is 0 Å². The minimum atomic E-state index is -0.0521. The predicted octanol–water partition coefficient (Wildman–Crippen LogP) is 7.41. The van der Waals surface area contributed by atoms with Gasteiger partial charge in [-0.05, 0) is 55.0 Å². The number of halogens is 2. The first-order valence-electron chi connectivity index (χ1n) is 8.94. The number of nitrogens with one attached hydrogen (secondary N) is 1. The van der Waals surface area contributed by atoms with E-state index in [0.717, 1.165) is 36.2 Å². The highest BCUT2D eigenvalue weighted by Gasteiger charge is 2.17. The number of rotatable bonds is 7. The van der Waals surface area contributed by atoms with E-state index in [2.05, 4.69) is 38.4 Å². The number of hydrogen-bond acceptors (Lipinski definition) is 6. The summed E-state index contributed by atoms with van der Waals surface area (Å²) in [6, 6.07) is 18.0. The Kier molecular flexibility index (Phi) is 6.60. The second-order valence-corrected chi connectivity index (χ2v) is 9.83. The molecule has 4 nitrogen and oxygen atoms in total. The van der Waals surface area contributed by atoms with Crippen molar-refractivity contribution in [1.29, 1.82) is 0 Å². The standard InChI is InChI=1S/C21H17BrClN3OS2/c1-2-27-16-8-9-17-18(11-16)28-21(25-17)29-20(13-3-5-14(22)6-4-13)26-19-10-7-15(23)12-24-19/h3-12,20H,2H2,1H3,(H,24,26). The van der Waals surface area contributed by atoms with E-state index in [-0.39, 0.29) is 5.37 Å². The summed E-state index contributed by atoms with van der Waals surface area (Å²) in [7, 11) is 0. The Balaban J connectivity index is 1.62. The van der Waals surface area contributed by atoms with Crippen molar-refractivity contribution in [2.24, 2.45) is 0 Å². The van der Waals surface area contributed by atoms with Crippen LogP contribution < -0.4 is 10.1 Å². The number of benzene rings is 2. The molecular formula is C21H17BrClN3OS2. The molecule has 29 heavy (non-hydrogen) atoms. The summed E-state index contributed by atoms with van der Waals surface area (Å²) in [4.78, 5) is 9.17. The van der Waals surface area contributed by atoms with E-state index >= 15 is 0 Å². The molecular weight excluding hydrogens is 490 g/mol. The number of anilines is 1. The molecule has 0 aliphatic rings. The fraction of sp³-hybridized carbons (Fsp3) is 0.143. The van der Waals surface area contributed by atoms with Crippen LogP contribution in [0.5, 0.6) is 5.75 Å². The number of pyridine rings is 1. The number of fused-ring (bicyclic) bond motifs is 1. The molecule has 0 radical (unpaired) electrons. The van der Waals surface area contributed by atoms with E-state index in [4.69, 9.17) is 21.3 Å². The summed E-state index contributed by atoms with van der Waals surface area (Å²) in [5.74, 6) is 1.63. The van der Waals surface area contributed by atoms with Crippen LogP contribution in [0.4, 0.5) is 5.82 Å². The van der Waals surface area contributed by atoms with Crippen molar-refractivity contribution < 1.29 is 4.74 Å². The quantitative estimate of drug-likeness (QED) is 0.209. The zero-order chi connectivity index (χ0) is 20.2. The van der Waals surface area contributed by atoms with E-state index in [1.165, 1.54) is 0 Å². The van der Waals surface area contributed by atoms with Crippen LogP contribution in [0.1, 0.15) is 17.9 Å². The summed E-state index contributed by atoms with van der Waals surface area (Å²) in [6.45, 7) is 2.63.